The van der Waals surface area contributed by atoms with Crippen molar-refractivity contribution >= 4 is 11.3 Å². The lowest BCUT2D eigenvalue weighted by molar-refractivity contribution is 0.0823. The van der Waals surface area contributed by atoms with Gasteiger partial charge in [0.25, 0.3) is 0 Å². The highest BCUT2D eigenvalue weighted by Crippen LogP contribution is 2.32. The minimum absolute atomic E-state index is 0.808. The average molecular weight is 249 g/mol. The third kappa shape index (κ3) is 2.65. The van der Waals surface area contributed by atoms with Crippen molar-refractivity contribution in [3.05, 3.63) is 35.3 Å². The van der Waals surface area contributed by atoms with Crippen molar-refractivity contribution in [1.29, 1.82) is 0 Å². The van der Waals surface area contributed by atoms with Crippen LogP contribution in [0.4, 0.5) is 0 Å². The van der Waals surface area contributed by atoms with E-state index in [-0.39, 0.29) is 0 Å². The predicted molar refractivity (Wildman–Crippen MR) is 69.3 cm³/mol. The molecule has 0 radical (unpaired) electrons. The van der Waals surface area contributed by atoms with Crippen LogP contribution in [0, 0.1) is 0 Å². The first kappa shape index (κ1) is 12.1. The summed E-state index contributed by atoms with van der Waals surface area (Å²) >= 11 is 1.50. The summed E-state index contributed by atoms with van der Waals surface area (Å²) in [6.07, 6.45) is 1.72. The number of hydrogen-bond acceptors (Lipinski definition) is 4. The van der Waals surface area contributed by atoms with Crippen molar-refractivity contribution in [3.8, 4) is 16.3 Å². The molecule has 0 aliphatic heterocycles. The average Bonchev–Trinajstić information content (AvgIpc) is 2.78. The van der Waals surface area contributed by atoms with Crippen LogP contribution in [0.15, 0.2) is 30.5 Å². The smallest absolute Gasteiger partial charge is 0.123 e. The monoisotopic (exact) mass is 249 g/mol. The number of methoxy groups -OCH3 is 1. The number of nitrogens with zero attached hydrogens (tertiary/aromatic N) is 1. The van der Waals surface area contributed by atoms with E-state index in [1.807, 2.05) is 24.3 Å². The number of thiazole rings is 1. The molecule has 3 nitrogen and oxygen atoms in total. The van der Waals surface area contributed by atoms with E-state index < -0.39 is 5.60 Å². The van der Waals surface area contributed by atoms with Crippen LogP contribution in [0.25, 0.3) is 10.6 Å². The second-order valence-corrected chi connectivity index (χ2v) is 5.35. The molecule has 17 heavy (non-hydrogen) atoms. The summed E-state index contributed by atoms with van der Waals surface area (Å²) in [6.45, 7) is 3.52. The minimum atomic E-state index is -0.839. The lowest BCUT2D eigenvalue weighted by Gasteiger charge is -2.13. The first-order valence-electron chi connectivity index (χ1n) is 5.34. The fraction of sp³-hybridized carbons (Fsp3) is 0.308. The highest BCUT2D eigenvalue weighted by atomic mass is 32.1. The maximum absolute atomic E-state index is 9.90. The molecule has 0 unspecified atom stereocenters. The number of ether oxygens (including phenoxy) is 1. The Kier molecular flexibility index (Phi) is 3.17. The Morgan fingerprint density at radius 2 is 2.12 bits per heavy atom. The molecule has 0 amide bonds. The molecular formula is C13H15NO2S. The summed E-state index contributed by atoms with van der Waals surface area (Å²) < 4.78 is 5.18. The Balaban J connectivity index is 2.37. The van der Waals surface area contributed by atoms with Gasteiger partial charge in [0.1, 0.15) is 10.8 Å². The quantitative estimate of drug-likeness (QED) is 0.909. The highest BCUT2D eigenvalue weighted by Gasteiger charge is 2.19. The molecule has 1 heterocycles. The molecule has 0 atom stereocenters. The van der Waals surface area contributed by atoms with Gasteiger partial charge in [0.15, 0.2) is 0 Å². The summed E-state index contributed by atoms with van der Waals surface area (Å²) in [4.78, 5) is 5.19. The van der Waals surface area contributed by atoms with E-state index in [4.69, 9.17) is 4.74 Å². The zero-order valence-electron chi connectivity index (χ0n) is 10.1. The Bertz CT molecular complexity index is 514. The van der Waals surface area contributed by atoms with Crippen molar-refractivity contribution < 1.29 is 9.84 Å². The second-order valence-electron chi connectivity index (χ2n) is 4.32. The lowest BCUT2D eigenvalue weighted by Crippen LogP contribution is -2.12. The van der Waals surface area contributed by atoms with Gasteiger partial charge in [0.05, 0.1) is 17.6 Å². The van der Waals surface area contributed by atoms with E-state index >= 15 is 0 Å². The van der Waals surface area contributed by atoms with Crippen molar-refractivity contribution in [3.63, 3.8) is 0 Å². The van der Waals surface area contributed by atoms with Gasteiger partial charge in [-0.15, -0.1) is 11.3 Å². The molecule has 0 saturated heterocycles. The van der Waals surface area contributed by atoms with E-state index in [1.165, 1.54) is 11.3 Å². The summed E-state index contributed by atoms with van der Waals surface area (Å²) in [5.74, 6) is 0.808. The topological polar surface area (TPSA) is 42.4 Å². The molecule has 2 aromatic rings. The SMILES string of the molecule is COc1cccc(-c2ncc(C(C)(C)O)s2)c1. The Morgan fingerprint density at radius 1 is 1.35 bits per heavy atom. The molecule has 0 bridgehead atoms. The third-order valence-electron chi connectivity index (χ3n) is 2.43. The van der Waals surface area contributed by atoms with E-state index in [0.717, 1.165) is 21.2 Å². The van der Waals surface area contributed by atoms with E-state index in [0.29, 0.717) is 0 Å². The zero-order chi connectivity index (χ0) is 12.5. The number of benzene rings is 1. The Hall–Kier alpha value is -1.39. The minimum Gasteiger partial charge on any atom is -0.497 e. The first-order valence-corrected chi connectivity index (χ1v) is 6.15. The molecule has 1 N–H and O–H groups in total. The summed E-state index contributed by atoms with van der Waals surface area (Å²) in [5.41, 5.74) is 0.166. The van der Waals surface area contributed by atoms with Crippen LogP contribution in [0.1, 0.15) is 18.7 Å². The summed E-state index contributed by atoms with van der Waals surface area (Å²) in [6, 6.07) is 7.75. The number of rotatable bonds is 3. The molecule has 0 aliphatic carbocycles. The number of aliphatic hydroxyl groups is 1. The van der Waals surface area contributed by atoms with E-state index in [1.54, 1.807) is 27.2 Å². The zero-order valence-corrected chi connectivity index (χ0v) is 10.9. The van der Waals surface area contributed by atoms with Gasteiger partial charge in [-0.05, 0) is 26.0 Å². The van der Waals surface area contributed by atoms with E-state index in [9.17, 15) is 5.11 Å². The first-order chi connectivity index (χ1) is 8.00. The van der Waals surface area contributed by atoms with Crippen LogP contribution >= 0.6 is 11.3 Å². The number of aromatic nitrogens is 1. The van der Waals surface area contributed by atoms with Crippen LogP contribution < -0.4 is 4.74 Å². The van der Waals surface area contributed by atoms with Gasteiger partial charge in [-0.1, -0.05) is 12.1 Å². The van der Waals surface area contributed by atoms with Gasteiger partial charge in [-0.25, -0.2) is 4.98 Å². The normalized spacial score (nSPS) is 11.5. The van der Waals surface area contributed by atoms with Crippen molar-refractivity contribution in [1.82, 2.24) is 4.98 Å². The standard InChI is InChI=1S/C13H15NO2S/c1-13(2,15)11-8-14-12(17-11)9-5-4-6-10(7-9)16-3/h4-8,15H,1-3H3. The third-order valence-corrected chi connectivity index (χ3v) is 3.78. The lowest BCUT2D eigenvalue weighted by atomic mass is 10.1. The van der Waals surface area contributed by atoms with Crippen molar-refractivity contribution in [2.24, 2.45) is 0 Å². The van der Waals surface area contributed by atoms with Crippen LogP contribution in [0.5, 0.6) is 5.75 Å². The molecule has 2 rings (SSSR count). The summed E-state index contributed by atoms with van der Waals surface area (Å²) in [5, 5.41) is 10.8. The molecule has 0 saturated carbocycles. The van der Waals surface area contributed by atoms with Gasteiger partial charge < -0.3 is 9.84 Å². The Labute approximate surface area is 105 Å². The molecule has 0 fully saturated rings. The van der Waals surface area contributed by atoms with Gasteiger partial charge >= 0.3 is 0 Å². The molecule has 0 spiro atoms. The Morgan fingerprint density at radius 3 is 2.71 bits per heavy atom. The molecule has 1 aromatic carbocycles. The van der Waals surface area contributed by atoms with Gasteiger partial charge in [0, 0.05) is 11.8 Å². The fourth-order valence-corrected chi connectivity index (χ4v) is 2.36. The van der Waals surface area contributed by atoms with Gasteiger partial charge in [-0.2, -0.15) is 0 Å². The molecular weight excluding hydrogens is 234 g/mol. The van der Waals surface area contributed by atoms with Gasteiger partial charge in [0.2, 0.25) is 0 Å². The van der Waals surface area contributed by atoms with Gasteiger partial charge in [-0.3, -0.25) is 0 Å². The van der Waals surface area contributed by atoms with Crippen LogP contribution in [0.3, 0.4) is 0 Å². The largest absolute Gasteiger partial charge is 0.497 e. The fourth-order valence-electron chi connectivity index (χ4n) is 1.45. The summed E-state index contributed by atoms with van der Waals surface area (Å²) in [7, 11) is 1.64. The number of hydrogen-bond donors (Lipinski definition) is 1. The van der Waals surface area contributed by atoms with Crippen LogP contribution in [-0.2, 0) is 5.60 Å². The van der Waals surface area contributed by atoms with E-state index in [2.05, 4.69) is 4.98 Å². The van der Waals surface area contributed by atoms with Crippen molar-refractivity contribution in [2.45, 2.75) is 19.4 Å². The molecule has 0 aliphatic rings. The predicted octanol–water partition coefficient (Wildman–Crippen LogP) is 3.05. The van der Waals surface area contributed by atoms with Crippen LogP contribution in [0.2, 0.25) is 0 Å². The highest BCUT2D eigenvalue weighted by molar-refractivity contribution is 7.15. The second kappa shape index (κ2) is 4.47. The van der Waals surface area contributed by atoms with Crippen molar-refractivity contribution in [2.75, 3.05) is 7.11 Å². The molecule has 90 valence electrons. The van der Waals surface area contributed by atoms with Crippen LogP contribution in [-0.4, -0.2) is 17.2 Å². The molecule has 4 heteroatoms. The maximum Gasteiger partial charge on any atom is 0.123 e. The maximum atomic E-state index is 9.90. The molecule has 1 aromatic heterocycles.